The minimum atomic E-state index is -0.0977. The second kappa shape index (κ2) is 4.16. The van der Waals surface area contributed by atoms with Gasteiger partial charge in [-0.15, -0.1) is 0 Å². The fourth-order valence-electron chi connectivity index (χ4n) is 7.57. The highest BCUT2D eigenvalue weighted by Crippen LogP contribution is 2.72. The van der Waals surface area contributed by atoms with E-state index in [0.29, 0.717) is 16.7 Å². The second-order valence-electron chi connectivity index (χ2n) is 9.70. The van der Waals surface area contributed by atoms with E-state index in [0.717, 1.165) is 18.3 Å². The van der Waals surface area contributed by atoms with Gasteiger partial charge in [0.1, 0.15) is 0 Å². The Kier molecular flexibility index (Phi) is 2.83. The van der Waals surface area contributed by atoms with Gasteiger partial charge in [-0.3, -0.25) is 0 Å². The molecular weight excluding hydrogens is 256 g/mol. The van der Waals surface area contributed by atoms with Crippen LogP contribution in [-0.4, -0.2) is 11.2 Å². The molecule has 4 aliphatic carbocycles. The molecule has 118 valence electrons. The second-order valence-corrected chi connectivity index (χ2v) is 9.70. The van der Waals surface area contributed by atoms with Gasteiger partial charge in [0.15, 0.2) is 0 Å². The molecule has 0 heterocycles. The van der Waals surface area contributed by atoms with Gasteiger partial charge in [0.25, 0.3) is 0 Å². The number of allylic oxidation sites excluding steroid dienone is 1. The SMILES string of the molecule is C=C1C[C@@]23CC[C@@H]4C(C)(C)[C@H](O)CC[C@@]4(C)[C@@H]2CC[C@H]1C3. The predicted octanol–water partition coefficient (Wildman–Crippen LogP) is 4.95. The van der Waals surface area contributed by atoms with Crippen LogP contribution in [0.3, 0.4) is 0 Å². The maximum atomic E-state index is 10.5. The quantitative estimate of drug-likeness (QED) is 0.626. The summed E-state index contributed by atoms with van der Waals surface area (Å²) in [7, 11) is 0. The summed E-state index contributed by atoms with van der Waals surface area (Å²) in [4.78, 5) is 0. The zero-order valence-electron chi connectivity index (χ0n) is 14.1. The van der Waals surface area contributed by atoms with E-state index in [9.17, 15) is 5.11 Å². The highest BCUT2D eigenvalue weighted by atomic mass is 16.3. The van der Waals surface area contributed by atoms with Crippen molar-refractivity contribution in [3.8, 4) is 0 Å². The summed E-state index contributed by atoms with van der Waals surface area (Å²) in [5, 5.41) is 10.5. The monoisotopic (exact) mass is 288 g/mol. The zero-order chi connectivity index (χ0) is 15.0. The maximum absolute atomic E-state index is 10.5. The van der Waals surface area contributed by atoms with Gasteiger partial charge in [-0.1, -0.05) is 32.9 Å². The van der Waals surface area contributed by atoms with Crippen molar-refractivity contribution in [1.82, 2.24) is 0 Å². The van der Waals surface area contributed by atoms with Crippen LogP contribution in [0.25, 0.3) is 0 Å². The Morgan fingerprint density at radius 3 is 2.52 bits per heavy atom. The highest BCUT2D eigenvalue weighted by Gasteiger charge is 2.64. The summed E-state index contributed by atoms with van der Waals surface area (Å²) in [6, 6.07) is 0. The predicted molar refractivity (Wildman–Crippen MR) is 86.9 cm³/mol. The Labute approximate surface area is 130 Å². The van der Waals surface area contributed by atoms with Crippen LogP contribution in [0.5, 0.6) is 0 Å². The van der Waals surface area contributed by atoms with Crippen molar-refractivity contribution >= 4 is 0 Å². The van der Waals surface area contributed by atoms with E-state index in [2.05, 4.69) is 27.4 Å². The molecule has 4 aliphatic rings. The van der Waals surface area contributed by atoms with Gasteiger partial charge in [-0.05, 0) is 85.4 Å². The van der Waals surface area contributed by atoms with Crippen molar-refractivity contribution in [1.29, 1.82) is 0 Å². The van der Waals surface area contributed by atoms with Gasteiger partial charge in [-0.2, -0.15) is 0 Å². The number of rotatable bonds is 0. The lowest BCUT2D eigenvalue weighted by molar-refractivity contribution is -0.180. The smallest absolute Gasteiger partial charge is 0.0594 e. The van der Waals surface area contributed by atoms with Crippen LogP contribution >= 0.6 is 0 Å². The summed E-state index contributed by atoms with van der Waals surface area (Å²) < 4.78 is 0. The van der Waals surface area contributed by atoms with Gasteiger partial charge in [0, 0.05) is 0 Å². The first-order valence-corrected chi connectivity index (χ1v) is 9.15. The average molecular weight is 288 g/mol. The summed E-state index contributed by atoms with van der Waals surface area (Å²) in [5.41, 5.74) is 2.70. The van der Waals surface area contributed by atoms with Crippen molar-refractivity contribution in [2.75, 3.05) is 0 Å². The molecule has 0 aliphatic heterocycles. The summed E-state index contributed by atoms with van der Waals surface area (Å²) >= 11 is 0. The molecule has 0 aromatic carbocycles. The third kappa shape index (κ3) is 1.68. The van der Waals surface area contributed by atoms with Crippen molar-refractivity contribution in [3.63, 3.8) is 0 Å². The number of hydrogen-bond donors (Lipinski definition) is 1. The van der Waals surface area contributed by atoms with E-state index in [-0.39, 0.29) is 11.5 Å². The molecule has 2 bridgehead atoms. The van der Waals surface area contributed by atoms with Crippen LogP contribution in [0, 0.1) is 34.0 Å². The Bertz CT molecular complexity index is 478. The Morgan fingerprint density at radius 1 is 1.00 bits per heavy atom. The standard InChI is InChI=1S/C20H32O/c1-13-11-20-10-7-15-18(2,3)17(21)8-9-19(15,4)16(20)6-5-14(13)12-20/h14-17,21H,1,5-12H2,2-4H3/t14-,15+,16-,17+,19+,20+/m0/s1. The number of fused-ring (bicyclic) bond motifs is 3. The lowest BCUT2D eigenvalue weighted by Gasteiger charge is -2.64. The lowest BCUT2D eigenvalue weighted by atomic mass is 9.41. The van der Waals surface area contributed by atoms with Crippen LogP contribution in [-0.2, 0) is 0 Å². The van der Waals surface area contributed by atoms with Gasteiger partial charge in [0.05, 0.1) is 6.10 Å². The molecule has 1 heteroatoms. The molecule has 0 aromatic rings. The molecule has 0 aromatic heterocycles. The van der Waals surface area contributed by atoms with E-state index in [4.69, 9.17) is 0 Å². The van der Waals surface area contributed by atoms with Crippen LogP contribution < -0.4 is 0 Å². The number of aliphatic hydroxyl groups is 1. The summed E-state index contributed by atoms with van der Waals surface area (Å²) in [5.74, 6) is 2.42. The molecule has 21 heavy (non-hydrogen) atoms. The van der Waals surface area contributed by atoms with E-state index in [1.54, 1.807) is 5.57 Å². The number of hydrogen-bond acceptors (Lipinski definition) is 1. The third-order valence-electron chi connectivity index (χ3n) is 8.59. The zero-order valence-corrected chi connectivity index (χ0v) is 14.1. The third-order valence-corrected chi connectivity index (χ3v) is 8.59. The number of aliphatic hydroxyl groups excluding tert-OH is 1. The molecule has 0 saturated heterocycles. The van der Waals surface area contributed by atoms with Gasteiger partial charge in [-0.25, -0.2) is 0 Å². The van der Waals surface area contributed by atoms with Crippen LogP contribution in [0.4, 0.5) is 0 Å². The van der Waals surface area contributed by atoms with Crippen molar-refractivity contribution in [2.24, 2.45) is 34.0 Å². The summed E-state index contributed by atoms with van der Waals surface area (Å²) in [6.07, 6.45) is 10.4. The molecule has 4 saturated carbocycles. The van der Waals surface area contributed by atoms with E-state index < -0.39 is 0 Å². The van der Waals surface area contributed by atoms with Crippen molar-refractivity contribution in [2.45, 2.75) is 78.2 Å². The molecule has 1 nitrogen and oxygen atoms in total. The van der Waals surface area contributed by atoms with Gasteiger partial charge < -0.3 is 5.11 Å². The molecule has 0 unspecified atom stereocenters. The molecule has 0 radical (unpaired) electrons. The van der Waals surface area contributed by atoms with Crippen LogP contribution in [0.2, 0.25) is 0 Å². The van der Waals surface area contributed by atoms with Crippen LogP contribution in [0.1, 0.15) is 72.1 Å². The molecule has 0 amide bonds. The Balaban J connectivity index is 1.74. The van der Waals surface area contributed by atoms with Crippen molar-refractivity contribution in [3.05, 3.63) is 12.2 Å². The van der Waals surface area contributed by atoms with Crippen LogP contribution in [0.15, 0.2) is 12.2 Å². The lowest BCUT2D eigenvalue weighted by Crippen LogP contribution is -2.59. The molecule has 1 N–H and O–H groups in total. The first-order chi connectivity index (χ1) is 9.80. The largest absolute Gasteiger partial charge is 0.393 e. The fourth-order valence-corrected chi connectivity index (χ4v) is 7.57. The van der Waals surface area contributed by atoms with E-state index in [1.807, 2.05) is 0 Å². The topological polar surface area (TPSA) is 20.2 Å². The molecule has 4 rings (SSSR count). The maximum Gasteiger partial charge on any atom is 0.0594 e. The first kappa shape index (κ1) is 14.3. The molecule has 6 atom stereocenters. The minimum absolute atomic E-state index is 0.0977. The van der Waals surface area contributed by atoms with E-state index in [1.165, 1.54) is 44.9 Å². The molecule has 4 fully saturated rings. The highest BCUT2D eigenvalue weighted by molar-refractivity contribution is 5.22. The molecule has 1 spiro atoms. The fraction of sp³-hybridized carbons (Fsp3) is 0.900. The molecular formula is C20H32O. The van der Waals surface area contributed by atoms with Gasteiger partial charge >= 0.3 is 0 Å². The summed E-state index contributed by atoms with van der Waals surface area (Å²) in [6.45, 7) is 11.7. The van der Waals surface area contributed by atoms with E-state index >= 15 is 0 Å². The normalized spacial score (nSPS) is 55.0. The Hall–Kier alpha value is -0.300. The first-order valence-electron chi connectivity index (χ1n) is 9.15. The van der Waals surface area contributed by atoms with Crippen molar-refractivity contribution < 1.29 is 5.11 Å². The Morgan fingerprint density at radius 2 is 1.76 bits per heavy atom. The van der Waals surface area contributed by atoms with Gasteiger partial charge in [0.2, 0.25) is 0 Å². The minimum Gasteiger partial charge on any atom is -0.393 e. The average Bonchev–Trinajstić information content (AvgIpc) is 2.65.